The summed E-state index contributed by atoms with van der Waals surface area (Å²) >= 11 is 1.68. The van der Waals surface area contributed by atoms with E-state index in [1.807, 2.05) is 12.1 Å². The van der Waals surface area contributed by atoms with Crippen LogP contribution in [-0.4, -0.2) is 110 Å². The first-order valence-corrected chi connectivity index (χ1v) is 19.0. The lowest BCUT2D eigenvalue weighted by atomic mass is 10.2. The fraction of sp³-hybridized carbons (Fsp3) is 0.462. The molecule has 1 aromatic carbocycles. The van der Waals surface area contributed by atoms with Crippen LogP contribution < -0.4 is 9.04 Å². The van der Waals surface area contributed by atoms with Gasteiger partial charge in [0, 0.05) is 78.1 Å². The van der Waals surface area contributed by atoms with Gasteiger partial charge in [0.15, 0.2) is 5.03 Å². The first-order valence-electron chi connectivity index (χ1n) is 13.2. The molecule has 5 rings (SSSR count). The van der Waals surface area contributed by atoms with E-state index < -0.39 is 30.7 Å². The van der Waals surface area contributed by atoms with Gasteiger partial charge in [-0.3, -0.25) is 13.5 Å². The van der Waals surface area contributed by atoms with Gasteiger partial charge in [0.2, 0.25) is 0 Å². The molecule has 1 fully saturated rings. The molecule has 1 atom stereocenters. The Bertz CT molecular complexity index is 1660. The highest BCUT2D eigenvalue weighted by Gasteiger charge is 2.28. The lowest BCUT2D eigenvalue weighted by Crippen LogP contribution is -2.41. The number of anilines is 1. The topological polar surface area (TPSA) is 142 Å². The van der Waals surface area contributed by atoms with Crippen molar-refractivity contribution in [3.05, 3.63) is 48.3 Å². The number of hydrogen-bond donors (Lipinski definition) is 1. The molecule has 2 aliphatic heterocycles. The summed E-state index contributed by atoms with van der Waals surface area (Å²) in [5.41, 5.74) is 1.76. The minimum atomic E-state index is -3.98. The molecule has 1 unspecified atom stereocenters. The number of aliphatic imine (C=N–C) groups is 1. The zero-order valence-corrected chi connectivity index (χ0v) is 26.1. The number of nitrogens with one attached hydrogen (secondary N) is 1. The third-order valence-electron chi connectivity index (χ3n) is 6.89. The summed E-state index contributed by atoms with van der Waals surface area (Å²) in [6, 6.07) is 10.1. The van der Waals surface area contributed by atoms with Gasteiger partial charge in [-0.25, -0.2) is 13.4 Å². The number of aromatic nitrogens is 2. The first kappa shape index (κ1) is 30.0. The second-order valence-electron chi connectivity index (χ2n) is 10.1. The molecule has 2 aromatic heterocycles. The van der Waals surface area contributed by atoms with Gasteiger partial charge in [0.25, 0.3) is 10.0 Å². The number of pyridine rings is 1. The van der Waals surface area contributed by atoms with Crippen LogP contribution in [-0.2, 0) is 30.7 Å². The molecule has 41 heavy (non-hydrogen) atoms. The number of H-pyrrole nitrogens is 1. The van der Waals surface area contributed by atoms with Gasteiger partial charge < -0.3 is 14.6 Å². The normalized spacial score (nSPS) is 19.0. The van der Waals surface area contributed by atoms with Crippen LogP contribution in [0.4, 0.5) is 5.69 Å². The molecule has 0 radical (unpaired) electrons. The zero-order valence-electron chi connectivity index (χ0n) is 22.9. The summed E-state index contributed by atoms with van der Waals surface area (Å²) in [5.74, 6) is 1.85. The molecule has 1 saturated heterocycles. The maximum Gasteiger partial charge on any atom is 0.281 e. The Hall–Kier alpha value is -2.46. The first-order chi connectivity index (χ1) is 19.5. The van der Waals surface area contributed by atoms with Crippen LogP contribution in [0.5, 0.6) is 5.75 Å². The molecular weight excluding hydrogens is 607 g/mol. The molecule has 1 N–H and O–H groups in total. The van der Waals surface area contributed by atoms with Gasteiger partial charge in [-0.1, -0.05) is 17.8 Å². The molecule has 15 heteroatoms. The minimum Gasteiger partial charge on any atom is -0.493 e. The summed E-state index contributed by atoms with van der Waals surface area (Å²) in [4.78, 5) is 14.5. The summed E-state index contributed by atoms with van der Waals surface area (Å²) in [7, 11) is -6.34. The highest BCUT2D eigenvalue weighted by molar-refractivity contribution is 8.15. The van der Waals surface area contributed by atoms with Crippen molar-refractivity contribution in [1.82, 2.24) is 14.9 Å². The summed E-state index contributed by atoms with van der Waals surface area (Å²) in [5, 5.41) is 1.79. The van der Waals surface area contributed by atoms with E-state index in [2.05, 4.69) is 14.9 Å². The molecule has 0 aliphatic carbocycles. The van der Waals surface area contributed by atoms with Crippen molar-refractivity contribution in [1.29, 1.82) is 0 Å². The predicted molar refractivity (Wildman–Crippen MR) is 165 cm³/mol. The highest BCUT2D eigenvalue weighted by Crippen LogP contribution is 2.36. The van der Waals surface area contributed by atoms with Crippen molar-refractivity contribution in [2.24, 2.45) is 4.99 Å². The molecule has 3 aromatic rings. The molecule has 2 aliphatic rings. The highest BCUT2D eigenvalue weighted by atomic mass is 32.2. The third kappa shape index (κ3) is 7.31. The Morgan fingerprint density at radius 1 is 1.17 bits per heavy atom. The number of hydrogen-bond acceptors (Lipinski definition) is 10. The van der Waals surface area contributed by atoms with Crippen molar-refractivity contribution >= 4 is 64.1 Å². The number of rotatable bonds is 11. The fourth-order valence-corrected chi connectivity index (χ4v) is 8.77. The number of nitrogens with zero attached hydrogens (tertiary/aromatic N) is 4. The molecule has 11 nitrogen and oxygen atoms in total. The Kier molecular flexibility index (Phi) is 9.09. The van der Waals surface area contributed by atoms with Gasteiger partial charge in [-0.15, -0.1) is 0 Å². The smallest absolute Gasteiger partial charge is 0.281 e. The molecule has 0 amide bonds. The van der Waals surface area contributed by atoms with E-state index in [1.165, 1.54) is 29.9 Å². The molecule has 0 spiro atoms. The number of benzene rings is 1. The van der Waals surface area contributed by atoms with Crippen LogP contribution in [0.25, 0.3) is 10.9 Å². The van der Waals surface area contributed by atoms with Gasteiger partial charge >= 0.3 is 0 Å². The van der Waals surface area contributed by atoms with Crippen LogP contribution in [0.3, 0.4) is 0 Å². The second kappa shape index (κ2) is 12.4. The largest absolute Gasteiger partial charge is 0.493 e. The quantitative estimate of drug-likeness (QED) is 0.312. The van der Waals surface area contributed by atoms with Gasteiger partial charge in [-0.2, -0.15) is 8.42 Å². The Morgan fingerprint density at radius 3 is 2.66 bits per heavy atom. The number of sulfonamides is 1. The van der Waals surface area contributed by atoms with Crippen LogP contribution in [0.2, 0.25) is 0 Å². The van der Waals surface area contributed by atoms with E-state index in [4.69, 9.17) is 9.73 Å². The van der Waals surface area contributed by atoms with E-state index >= 15 is 0 Å². The van der Waals surface area contributed by atoms with E-state index in [1.54, 1.807) is 30.0 Å². The molecular formula is C26H33N5O6S4. The summed E-state index contributed by atoms with van der Waals surface area (Å²) < 4.78 is 68.7. The van der Waals surface area contributed by atoms with E-state index in [0.29, 0.717) is 41.4 Å². The number of sulfone groups is 1. The lowest BCUT2D eigenvalue weighted by molar-refractivity contribution is 0.302. The van der Waals surface area contributed by atoms with Crippen molar-refractivity contribution in [2.45, 2.75) is 16.7 Å². The van der Waals surface area contributed by atoms with Gasteiger partial charge in [-0.05, 0) is 30.7 Å². The lowest BCUT2D eigenvalue weighted by Gasteiger charge is -2.27. The minimum absolute atomic E-state index is 0.00212. The average Bonchev–Trinajstić information content (AvgIpc) is 3.58. The zero-order chi connectivity index (χ0) is 29.2. The standard InChI is InChI=1S/C26H33N5O6S4/c1-30(41(35,36)24-6-3-4-7-27-24)23-16-20(37-10-5-13-40(2,33)34)14-19-15-22(29-25(19)23)26-28-17-21(38-26)18-31-8-11-39(32)12-9-31/h3-4,6-7,14-16,21,29H,5,8-13,17-18H2,1-2H3. The Balaban J connectivity index is 1.41. The van der Waals surface area contributed by atoms with Gasteiger partial charge in [0.1, 0.15) is 20.6 Å². The van der Waals surface area contributed by atoms with Crippen LogP contribution >= 0.6 is 11.8 Å². The SMILES string of the molecule is CN(c1cc(OCCCS(C)(=O)=O)cc2cc(C3=NCC(CN4CCS(=O)CC4)S3)[nH]c12)S(=O)(=O)c1ccccn1. The summed E-state index contributed by atoms with van der Waals surface area (Å²) in [6.45, 7) is 3.37. The molecule has 222 valence electrons. The Labute approximate surface area is 247 Å². The van der Waals surface area contributed by atoms with Crippen LogP contribution in [0, 0.1) is 0 Å². The molecule has 0 bridgehead atoms. The van der Waals surface area contributed by atoms with Crippen molar-refractivity contribution in [3.63, 3.8) is 0 Å². The second-order valence-corrected chi connectivity index (χ2v) is 17.3. The average molecular weight is 640 g/mol. The van der Waals surface area contributed by atoms with Crippen LogP contribution in [0.1, 0.15) is 12.1 Å². The number of aromatic amines is 1. The fourth-order valence-electron chi connectivity index (χ4n) is 4.73. The van der Waals surface area contributed by atoms with E-state index in [-0.39, 0.29) is 22.6 Å². The van der Waals surface area contributed by atoms with Crippen LogP contribution in [0.15, 0.2) is 52.6 Å². The number of fused-ring (bicyclic) bond motifs is 1. The Morgan fingerprint density at radius 2 is 1.95 bits per heavy atom. The molecule has 4 heterocycles. The maximum absolute atomic E-state index is 13.5. The summed E-state index contributed by atoms with van der Waals surface area (Å²) in [6.07, 6.45) is 2.92. The third-order valence-corrected chi connectivity index (χ3v) is 12.1. The van der Waals surface area contributed by atoms with Crippen molar-refractivity contribution in [2.75, 3.05) is 67.7 Å². The number of ether oxygens (including phenoxy) is 1. The molecule has 0 saturated carbocycles. The maximum atomic E-state index is 13.5. The van der Waals surface area contributed by atoms with E-state index in [9.17, 15) is 21.0 Å². The van der Waals surface area contributed by atoms with E-state index in [0.717, 1.165) is 35.8 Å². The van der Waals surface area contributed by atoms with Crippen molar-refractivity contribution in [3.8, 4) is 5.75 Å². The monoisotopic (exact) mass is 639 g/mol. The number of thioether (sulfide) groups is 1. The predicted octanol–water partition coefficient (Wildman–Crippen LogP) is 2.13. The van der Waals surface area contributed by atoms with Crippen molar-refractivity contribution < 1.29 is 25.8 Å². The van der Waals surface area contributed by atoms with Gasteiger partial charge in [0.05, 0.1) is 35.8 Å².